The fourth-order valence-electron chi connectivity index (χ4n) is 2.56. The van der Waals surface area contributed by atoms with Gasteiger partial charge in [0.15, 0.2) is 0 Å². The second-order valence-electron chi connectivity index (χ2n) is 5.23. The molecular weight excluding hydrogens is 381 g/mol. The summed E-state index contributed by atoms with van der Waals surface area (Å²) in [5.41, 5.74) is 0.799. The van der Waals surface area contributed by atoms with Crippen molar-refractivity contribution in [1.82, 2.24) is 0 Å². The molecule has 1 aliphatic heterocycles. The maximum Gasteiger partial charge on any atom is 0.337 e. The molecule has 0 aliphatic carbocycles. The number of aryl methyl sites for hydroxylation is 1. The summed E-state index contributed by atoms with van der Waals surface area (Å²) in [5.74, 6) is -3.08. The summed E-state index contributed by atoms with van der Waals surface area (Å²) in [7, 11) is -4.69. The van der Waals surface area contributed by atoms with Crippen LogP contribution in [-0.4, -0.2) is 37.7 Å². The third kappa shape index (κ3) is 3.64. The molecule has 1 unspecified atom stereocenters. The molecule has 6 nitrogen and oxygen atoms in total. The van der Waals surface area contributed by atoms with E-state index in [1.165, 1.54) is 11.0 Å². The van der Waals surface area contributed by atoms with E-state index in [0.29, 0.717) is 10.0 Å². The zero-order chi connectivity index (χ0) is 16.7. The van der Waals surface area contributed by atoms with Gasteiger partial charge in [-0.3, -0.25) is 4.79 Å². The zero-order valence-corrected chi connectivity index (χ0v) is 13.9. The predicted molar refractivity (Wildman–Crippen MR) is 81.2 cm³/mol. The molecule has 0 saturated carbocycles. The number of aromatic carboxylic acids is 1. The molecule has 1 aromatic rings. The van der Waals surface area contributed by atoms with Crippen molar-refractivity contribution in [3.05, 3.63) is 27.7 Å². The van der Waals surface area contributed by atoms with Crippen LogP contribution < -0.4 is 4.90 Å². The van der Waals surface area contributed by atoms with Gasteiger partial charge < -0.3 is 10.0 Å². The van der Waals surface area contributed by atoms with Crippen LogP contribution in [-0.2, 0) is 15.0 Å². The fraction of sp³-hybridized carbons (Fsp3) is 0.385. The van der Waals surface area contributed by atoms with Crippen molar-refractivity contribution in [2.75, 3.05) is 17.2 Å². The minimum Gasteiger partial charge on any atom is -0.478 e. The molecule has 0 radical (unpaired) electrons. The average molecular weight is 394 g/mol. The molecule has 1 N–H and O–H groups in total. The Balaban J connectivity index is 2.40. The number of anilines is 1. The summed E-state index contributed by atoms with van der Waals surface area (Å²) in [6.45, 7) is 1.68. The van der Waals surface area contributed by atoms with E-state index in [1.807, 2.05) is 0 Å². The smallest absolute Gasteiger partial charge is 0.337 e. The number of benzene rings is 1. The van der Waals surface area contributed by atoms with Gasteiger partial charge in [-0.25, -0.2) is 4.79 Å². The number of hydrogen-bond acceptors (Lipinski definition) is 4. The van der Waals surface area contributed by atoms with Crippen molar-refractivity contribution in [3.8, 4) is 0 Å². The van der Waals surface area contributed by atoms with Gasteiger partial charge in [0.1, 0.15) is 0 Å². The normalized spacial score (nSPS) is 18.8. The van der Waals surface area contributed by atoms with E-state index in [-0.39, 0.29) is 24.2 Å². The van der Waals surface area contributed by atoms with E-state index in [9.17, 15) is 27.0 Å². The number of rotatable bonds is 4. The highest BCUT2D eigenvalue weighted by atomic mass is 79.9. The highest BCUT2D eigenvalue weighted by molar-refractivity contribution is 9.10. The van der Waals surface area contributed by atoms with Crippen molar-refractivity contribution in [1.29, 1.82) is 0 Å². The monoisotopic (exact) mass is 393 g/mol. The van der Waals surface area contributed by atoms with Gasteiger partial charge in [0.2, 0.25) is 5.91 Å². The molecule has 0 aromatic heterocycles. The number of carboxylic acid groups (broad SMARTS) is 1. The molecule has 1 aromatic carbocycles. The van der Waals surface area contributed by atoms with Crippen molar-refractivity contribution < 1.29 is 27.0 Å². The van der Waals surface area contributed by atoms with Gasteiger partial charge in [0.05, 0.1) is 17.0 Å². The molecule has 1 heterocycles. The van der Waals surface area contributed by atoms with E-state index in [0.717, 1.165) is 0 Å². The van der Waals surface area contributed by atoms with Crippen LogP contribution in [0.2, 0.25) is 0 Å². The van der Waals surface area contributed by atoms with Crippen LogP contribution >= 0.6 is 15.9 Å². The molecule has 9 heteroatoms. The third-order valence-corrected chi connectivity index (χ3v) is 4.82. The average Bonchev–Trinajstić information content (AvgIpc) is 2.66. The van der Waals surface area contributed by atoms with Crippen molar-refractivity contribution in [3.63, 3.8) is 0 Å². The summed E-state index contributed by atoms with van der Waals surface area (Å²) in [5, 5.41) is 9.30. The number of carbonyl (C=O) groups is 2. The number of carbonyl (C=O) groups excluding carboxylic acids is 1. The summed E-state index contributed by atoms with van der Waals surface area (Å²) in [4.78, 5) is 24.7. The Morgan fingerprint density at radius 2 is 2.14 bits per heavy atom. The largest absolute Gasteiger partial charge is 0.478 e. The first-order chi connectivity index (χ1) is 10.1. The lowest BCUT2D eigenvalue weighted by Gasteiger charge is -2.21. The topological polar surface area (TPSA) is 91.8 Å². The van der Waals surface area contributed by atoms with Gasteiger partial charge >= 0.3 is 16.2 Å². The predicted octanol–water partition coefficient (Wildman–Crippen LogP) is 2.11. The van der Waals surface area contributed by atoms with Crippen molar-refractivity contribution in [2.45, 2.75) is 13.3 Å². The van der Waals surface area contributed by atoms with Gasteiger partial charge in [-0.1, -0.05) is 0 Å². The van der Waals surface area contributed by atoms with Gasteiger partial charge in [-0.2, -0.15) is 8.42 Å². The first-order valence-electron chi connectivity index (χ1n) is 6.34. The van der Waals surface area contributed by atoms with E-state index in [1.54, 1.807) is 13.0 Å². The third-order valence-electron chi connectivity index (χ3n) is 3.35. The van der Waals surface area contributed by atoms with Gasteiger partial charge in [-0.15, -0.1) is 3.89 Å². The van der Waals surface area contributed by atoms with Crippen molar-refractivity contribution in [2.24, 2.45) is 5.92 Å². The Hall–Kier alpha value is -1.48. The minimum atomic E-state index is -4.69. The van der Waals surface area contributed by atoms with Crippen LogP contribution in [0.1, 0.15) is 22.3 Å². The second-order valence-corrected chi connectivity index (χ2v) is 7.49. The van der Waals surface area contributed by atoms with Gasteiger partial charge in [0, 0.05) is 23.4 Å². The molecule has 1 atom stereocenters. The number of carboxylic acids is 1. The van der Waals surface area contributed by atoms with E-state index in [2.05, 4.69) is 15.9 Å². The van der Waals surface area contributed by atoms with Crippen LogP contribution in [0, 0.1) is 12.8 Å². The van der Waals surface area contributed by atoms with Gasteiger partial charge in [0.25, 0.3) is 0 Å². The van der Waals surface area contributed by atoms with Crippen LogP contribution in [0.5, 0.6) is 0 Å². The van der Waals surface area contributed by atoms with Gasteiger partial charge in [-0.05, 0) is 40.5 Å². The molecule has 1 fully saturated rings. The SMILES string of the molecule is Cc1cc(Br)c(N2CC(CS(=O)(=O)F)CC2=O)c(C(=O)O)c1. The number of amides is 1. The van der Waals surface area contributed by atoms with Crippen LogP contribution in [0.25, 0.3) is 0 Å². The Labute approximate surface area is 135 Å². The molecule has 22 heavy (non-hydrogen) atoms. The maximum atomic E-state index is 12.8. The second kappa shape index (κ2) is 5.96. The Morgan fingerprint density at radius 1 is 1.50 bits per heavy atom. The zero-order valence-electron chi connectivity index (χ0n) is 11.5. The van der Waals surface area contributed by atoms with Crippen LogP contribution in [0.4, 0.5) is 9.57 Å². The highest BCUT2D eigenvalue weighted by Gasteiger charge is 2.36. The lowest BCUT2D eigenvalue weighted by Crippen LogP contribution is -2.27. The first kappa shape index (κ1) is 16.9. The molecule has 120 valence electrons. The maximum absolute atomic E-state index is 12.8. The van der Waals surface area contributed by atoms with E-state index in [4.69, 9.17) is 0 Å². The molecule has 2 rings (SSSR count). The van der Waals surface area contributed by atoms with E-state index < -0.39 is 33.8 Å². The standard InChI is InChI=1S/C13H13BrFNO5S/c1-7-2-9(13(18)19)12(10(14)3-7)16-5-8(4-11(16)17)6-22(15,20)21/h2-3,8H,4-6H2,1H3,(H,18,19). The summed E-state index contributed by atoms with van der Waals surface area (Å²) in [6, 6.07) is 3.09. The van der Waals surface area contributed by atoms with Crippen molar-refractivity contribution >= 4 is 43.7 Å². The summed E-state index contributed by atoms with van der Waals surface area (Å²) in [6.07, 6.45) is -0.136. The lowest BCUT2D eigenvalue weighted by atomic mass is 10.1. The quantitative estimate of drug-likeness (QED) is 0.790. The van der Waals surface area contributed by atoms with Crippen LogP contribution in [0.15, 0.2) is 16.6 Å². The number of halogens is 2. The molecular formula is C13H13BrFNO5S. The van der Waals surface area contributed by atoms with Crippen LogP contribution in [0.3, 0.4) is 0 Å². The summed E-state index contributed by atoms with van der Waals surface area (Å²) < 4.78 is 34.6. The minimum absolute atomic E-state index is 0.0378. The Morgan fingerprint density at radius 3 is 2.68 bits per heavy atom. The summed E-state index contributed by atoms with van der Waals surface area (Å²) >= 11 is 3.24. The molecule has 1 saturated heterocycles. The molecule has 0 bridgehead atoms. The number of hydrogen-bond donors (Lipinski definition) is 1. The first-order valence-corrected chi connectivity index (χ1v) is 8.69. The Bertz CT molecular complexity index is 749. The Kier molecular flexibility index (Phi) is 4.57. The fourth-order valence-corrected chi connectivity index (χ4v) is 4.14. The number of nitrogens with zero attached hydrogens (tertiary/aromatic N) is 1. The molecule has 0 spiro atoms. The van der Waals surface area contributed by atoms with E-state index >= 15 is 0 Å². The highest BCUT2D eigenvalue weighted by Crippen LogP contribution is 2.36. The molecule has 1 aliphatic rings. The lowest BCUT2D eigenvalue weighted by molar-refractivity contribution is -0.117. The molecule has 1 amide bonds.